The van der Waals surface area contributed by atoms with Crippen LogP contribution in [-0.4, -0.2) is 44.4 Å². The van der Waals surface area contributed by atoms with Crippen molar-refractivity contribution < 1.29 is 28.5 Å². The summed E-state index contributed by atoms with van der Waals surface area (Å²) in [6, 6.07) is 1.84. The Bertz CT molecular complexity index is 994. The van der Waals surface area contributed by atoms with E-state index in [0.29, 0.717) is 41.5 Å². The summed E-state index contributed by atoms with van der Waals surface area (Å²) in [7, 11) is 4.45. The van der Waals surface area contributed by atoms with Gasteiger partial charge in [0.25, 0.3) is 0 Å². The second-order valence-corrected chi connectivity index (χ2v) is 7.32. The molecule has 1 aliphatic rings. The fraction of sp³-hybridized carbons (Fsp3) is 0.455. The number of fused-ring (bicyclic) bond motifs is 3. The molecule has 0 spiro atoms. The van der Waals surface area contributed by atoms with Crippen molar-refractivity contribution in [1.82, 2.24) is 4.57 Å². The van der Waals surface area contributed by atoms with Crippen LogP contribution in [0.5, 0.6) is 11.5 Å². The topological polar surface area (TPSA) is 76.0 Å². The number of hydrogen-bond acceptors (Lipinski definition) is 6. The highest BCUT2D eigenvalue weighted by Crippen LogP contribution is 2.47. The summed E-state index contributed by atoms with van der Waals surface area (Å²) in [6.07, 6.45) is 1.34. The largest absolute Gasteiger partial charge is 0.493 e. The zero-order valence-corrected chi connectivity index (χ0v) is 18.6. The predicted molar refractivity (Wildman–Crippen MR) is 113 cm³/mol. The molecule has 1 aromatic carbocycles. The zero-order valence-electron chi connectivity index (χ0n) is 17.9. The van der Waals surface area contributed by atoms with Crippen LogP contribution in [0.3, 0.4) is 0 Å². The fourth-order valence-electron chi connectivity index (χ4n) is 4.09. The second kappa shape index (κ2) is 9.00. The van der Waals surface area contributed by atoms with Crippen molar-refractivity contribution >= 4 is 23.5 Å². The van der Waals surface area contributed by atoms with Crippen LogP contribution in [0.25, 0.3) is 11.3 Å². The molecule has 0 atom stereocenters. The molecule has 0 aliphatic carbocycles. The average Bonchev–Trinajstić information content (AvgIpc) is 3.03. The van der Waals surface area contributed by atoms with Gasteiger partial charge in [-0.1, -0.05) is 11.6 Å². The number of halogens is 1. The van der Waals surface area contributed by atoms with Gasteiger partial charge in [-0.25, -0.2) is 4.79 Å². The molecule has 1 aromatic heterocycles. The van der Waals surface area contributed by atoms with Crippen LogP contribution >= 0.6 is 11.6 Å². The number of aromatic nitrogens is 1. The first-order valence-electron chi connectivity index (χ1n) is 9.79. The third-order valence-electron chi connectivity index (χ3n) is 5.47. The first kappa shape index (κ1) is 22.0. The molecule has 0 fully saturated rings. The lowest BCUT2D eigenvalue weighted by molar-refractivity contribution is -0.140. The van der Waals surface area contributed by atoms with Crippen molar-refractivity contribution in [2.45, 2.75) is 39.7 Å². The Hall–Kier alpha value is -2.67. The lowest BCUT2D eigenvalue weighted by Crippen LogP contribution is -2.16. The number of ether oxygens (including phenoxy) is 4. The molecule has 8 heteroatoms. The van der Waals surface area contributed by atoms with Gasteiger partial charge in [-0.05, 0) is 43.9 Å². The van der Waals surface area contributed by atoms with Gasteiger partial charge < -0.3 is 23.5 Å². The number of nitrogens with zero attached hydrogens (tertiary/aromatic N) is 1. The molecular formula is C22H26ClNO6. The minimum atomic E-state index is -0.401. The molecule has 2 aromatic rings. The molecule has 7 nitrogen and oxygen atoms in total. The van der Waals surface area contributed by atoms with E-state index < -0.39 is 5.97 Å². The van der Waals surface area contributed by atoms with E-state index in [9.17, 15) is 9.59 Å². The van der Waals surface area contributed by atoms with E-state index in [1.807, 2.05) is 13.0 Å². The third-order valence-corrected chi connectivity index (χ3v) is 5.87. The molecule has 0 unspecified atom stereocenters. The summed E-state index contributed by atoms with van der Waals surface area (Å²) in [5.41, 5.74) is 4.63. The van der Waals surface area contributed by atoms with E-state index >= 15 is 0 Å². The summed E-state index contributed by atoms with van der Waals surface area (Å²) in [5, 5.41) is 0.475. The highest BCUT2D eigenvalue weighted by Gasteiger charge is 2.33. The van der Waals surface area contributed by atoms with Crippen molar-refractivity contribution in [2.24, 2.45) is 0 Å². The normalized spacial score (nSPS) is 12.1. The molecule has 30 heavy (non-hydrogen) atoms. The lowest BCUT2D eigenvalue weighted by Gasteiger charge is -2.25. The molecular weight excluding hydrogens is 410 g/mol. The van der Waals surface area contributed by atoms with E-state index in [1.165, 1.54) is 7.11 Å². The SMILES string of the molecule is CCOC(=O)c1c(C)c(CCC(=O)OC)n2c1-c1cc(OC)c(OC)c(Cl)c1CC2. The number of methoxy groups -OCH3 is 3. The summed E-state index contributed by atoms with van der Waals surface area (Å²) >= 11 is 6.65. The molecule has 0 saturated heterocycles. The summed E-state index contributed by atoms with van der Waals surface area (Å²) in [4.78, 5) is 24.6. The number of carbonyl (C=O) groups excluding carboxylic acids is 2. The standard InChI is InChI=1S/C22H26ClNO6/c1-6-30-22(26)18-12(2)15(7-8-17(25)28-4)24-10-9-13-14(20(18)24)11-16(27-3)21(29-5)19(13)23/h11H,6-10H2,1-5H3. The van der Waals surface area contributed by atoms with Crippen molar-refractivity contribution in [2.75, 3.05) is 27.9 Å². The fourth-order valence-corrected chi connectivity index (χ4v) is 4.45. The zero-order chi connectivity index (χ0) is 22.0. The minimum absolute atomic E-state index is 0.225. The van der Waals surface area contributed by atoms with Gasteiger partial charge in [0.1, 0.15) is 0 Å². The molecule has 1 aliphatic heterocycles. The van der Waals surface area contributed by atoms with E-state index in [0.717, 1.165) is 28.1 Å². The predicted octanol–water partition coefficient (Wildman–Crippen LogP) is 3.97. The maximum absolute atomic E-state index is 12.9. The Morgan fingerprint density at radius 3 is 2.53 bits per heavy atom. The second-order valence-electron chi connectivity index (χ2n) is 6.95. The van der Waals surface area contributed by atoms with Gasteiger partial charge in [-0.2, -0.15) is 0 Å². The molecule has 0 radical (unpaired) electrons. The maximum Gasteiger partial charge on any atom is 0.340 e. The summed E-state index contributed by atoms with van der Waals surface area (Å²) < 4.78 is 23.1. The highest BCUT2D eigenvalue weighted by molar-refractivity contribution is 6.33. The third kappa shape index (κ3) is 3.62. The lowest BCUT2D eigenvalue weighted by atomic mass is 9.94. The van der Waals surface area contributed by atoms with Gasteiger partial charge in [0.05, 0.1) is 50.6 Å². The molecule has 3 rings (SSSR count). The molecule has 0 bridgehead atoms. The summed E-state index contributed by atoms with van der Waals surface area (Å²) in [5.74, 6) is 0.257. The van der Waals surface area contributed by atoms with Gasteiger partial charge in [-0.15, -0.1) is 0 Å². The molecule has 0 saturated carbocycles. The van der Waals surface area contributed by atoms with Crippen molar-refractivity contribution in [3.8, 4) is 22.8 Å². The average molecular weight is 436 g/mol. The van der Waals surface area contributed by atoms with Crippen LogP contribution in [0.1, 0.15) is 40.5 Å². The van der Waals surface area contributed by atoms with Gasteiger partial charge in [0.15, 0.2) is 11.5 Å². The Morgan fingerprint density at radius 1 is 1.20 bits per heavy atom. The Morgan fingerprint density at radius 2 is 1.93 bits per heavy atom. The van der Waals surface area contributed by atoms with E-state index in [-0.39, 0.29) is 19.0 Å². The van der Waals surface area contributed by atoms with Gasteiger partial charge >= 0.3 is 11.9 Å². The number of esters is 2. The van der Waals surface area contributed by atoms with E-state index in [2.05, 4.69) is 4.57 Å². The van der Waals surface area contributed by atoms with Crippen molar-refractivity contribution in [3.05, 3.63) is 33.5 Å². The summed E-state index contributed by atoms with van der Waals surface area (Å²) in [6.45, 7) is 4.53. The van der Waals surface area contributed by atoms with Crippen molar-refractivity contribution in [1.29, 1.82) is 0 Å². The van der Waals surface area contributed by atoms with E-state index in [4.69, 9.17) is 30.5 Å². The Labute approximate surface area is 180 Å². The number of carbonyl (C=O) groups is 2. The van der Waals surface area contributed by atoms with Crippen molar-refractivity contribution in [3.63, 3.8) is 0 Å². The number of benzene rings is 1. The van der Waals surface area contributed by atoms with Crippen LogP contribution in [0.2, 0.25) is 5.02 Å². The first-order chi connectivity index (χ1) is 14.4. The molecule has 0 N–H and O–H groups in total. The van der Waals surface area contributed by atoms with Gasteiger partial charge in [0, 0.05) is 17.8 Å². The minimum Gasteiger partial charge on any atom is -0.493 e. The molecule has 2 heterocycles. The molecule has 162 valence electrons. The van der Waals surface area contributed by atoms with Gasteiger partial charge in [0.2, 0.25) is 0 Å². The van der Waals surface area contributed by atoms with Crippen LogP contribution < -0.4 is 9.47 Å². The highest BCUT2D eigenvalue weighted by atomic mass is 35.5. The van der Waals surface area contributed by atoms with Crippen LogP contribution in [0.15, 0.2) is 6.07 Å². The smallest absolute Gasteiger partial charge is 0.340 e. The quantitative estimate of drug-likeness (QED) is 0.612. The molecule has 0 amide bonds. The number of rotatable bonds is 7. The van der Waals surface area contributed by atoms with Gasteiger partial charge in [-0.3, -0.25) is 4.79 Å². The Kier molecular flexibility index (Phi) is 6.61. The van der Waals surface area contributed by atoms with Crippen LogP contribution in [-0.2, 0) is 33.7 Å². The first-order valence-corrected chi connectivity index (χ1v) is 10.2. The number of hydrogen-bond donors (Lipinski definition) is 0. The monoisotopic (exact) mass is 435 g/mol. The van der Waals surface area contributed by atoms with Crippen LogP contribution in [0.4, 0.5) is 0 Å². The van der Waals surface area contributed by atoms with E-state index in [1.54, 1.807) is 21.1 Å². The van der Waals surface area contributed by atoms with Crippen LogP contribution in [0, 0.1) is 6.92 Å². The maximum atomic E-state index is 12.9. The Balaban J connectivity index is 2.26.